The summed E-state index contributed by atoms with van der Waals surface area (Å²) in [4.78, 5) is 12.0. The quantitative estimate of drug-likeness (QED) is 0.487. The van der Waals surface area contributed by atoms with E-state index in [0.717, 1.165) is 23.9 Å². The molecule has 2 atom stereocenters. The second kappa shape index (κ2) is 9.41. The highest BCUT2D eigenvalue weighted by Crippen LogP contribution is 2.28. The van der Waals surface area contributed by atoms with Crippen molar-refractivity contribution in [3.63, 3.8) is 0 Å². The molecule has 0 aromatic heterocycles. The van der Waals surface area contributed by atoms with Gasteiger partial charge in [-0.05, 0) is 50.2 Å². The lowest BCUT2D eigenvalue weighted by atomic mass is 10.2. The van der Waals surface area contributed by atoms with Crippen LogP contribution in [0.4, 0.5) is 0 Å². The molecule has 132 valence electrons. The number of halogens is 2. The van der Waals surface area contributed by atoms with Crippen LogP contribution >= 0.6 is 39.7 Å². The molecule has 0 spiro atoms. The monoisotopic (exact) mass is 435 g/mol. The van der Waals surface area contributed by atoms with E-state index < -0.39 is 6.10 Å². The molecule has 1 aromatic rings. The maximum absolute atomic E-state index is 12.0. The van der Waals surface area contributed by atoms with Gasteiger partial charge in [-0.3, -0.25) is 15.6 Å². The summed E-state index contributed by atoms with van der Waals surface area (Å²) in [5, 5.41) is 3.75. The van der Waals surface area contributed by atoms with E-state index in [2.05, 4.69) is 32.1 Å². The molecular weight excluding hydrogens is 418 g/mol. The molecule has 1 heterocycles. The second-order valence-corrected chi connectivity index (χ2v) is 7.03. The Morgan fingerprint density at radius 3 is 3.00 bits per heavy atom. The van der Waals surface area contributed by atoms with Crippen LogP contribution in [0.15, 0.2) is 22.7 Å². The zero-order chi connectivity index (χ0) is 17.5. The first-order chi connectivity index (χ1) is 11.5. The topological polar surface area (TPSA) is 71.6 Å². The third kappa shape index (κ3) is 6.08. The van der Waals surface area contributed by atoms with Gasteiger partial charge in [0.2, 0.25) is 0 Å². The first-order valence-electron chi connectivity index (χ1n) is 7.52. The minimum absolute atomic E-state index is 0.169. The van der Waals surface area contributed by atoms with Crippen molar-refractivity contribution < 1.29 is 14.3 Å². The van der Waals surface area contributed by atoms with Crippen molar-refractivity contribution in [2.75, 3.05) is 13.2 Å². The Hall–Kier alpha value is -1.09. The number of thiocarbonyl (C=S) groups is 1. The maximum Gasteiger partial charge on any atom is 0.279 e. The number of carbonyl (C=O) groups excluding carboxylic acids is 1. The van der Waals surface area contributed by atoms with Crippen LogP contribution in [-0.2, 0) is 9.53 Å². The van der Waals surface area contributed by atoms with Crippen molar-refractivity contribution in [3.05, 3.63) is 27.7 Å². The van der Waals surface area contributed by atoms with Crippen LogP contribution in [0.3, 0.4) is 0 Å². The summed E-state index contributed by atoms with van der Waals surface area (Å²) in [6.07, 6.45) is 1.51. The minimum atomic E-state index is -0.739. The Bertz CT molecular complexity index is 599. The van der Waals surface area contributed by atoms with Crippen LogP contribution < -0.4 is 20.9 Å². The maximum atomic E-state index is 12.0. The average molecular weight is 437 g/mol. The standard InChI is InChI=1S/C15H19BrClN3O3S/c1-9(23-13-5-4-10(16)7-12(13)17)14(21)19-20-15(24)18-8-11-3-2-6-22-11/h4-5,7,9,11H,2-3,6,8H2,1H3,(H,19,21)(H2,18,20,24)/t9-,11-/m1/s1. The highest BCUT2D eigenvalue weighted by atomic mass is 79.9. The lowest BCUT2D eigenvalue weighted by Crippen LogP contribution is -2.51. The zero-order valence-electron chi connectivity index (χ0n) is 13.1. The molecule has 0 aliphatic carbocycles. The fourth-order valence-corrected chi connectivity index (χ4v) is 2.94. The van der Waals surface area contributed by atoms with E-state index in [1.807, 2.05) is 0 Å². The third-order valence-corrected chi connectivity index (χ3v) is 4.42. The highest BCUT2D eigenvalue weighted by Gasteiger charge is 2.17. The Labute approximate surface area is 159 Å². The van der Waals surface area contributed by atoms with Crippen LogP contribution in [-0.4, -0.2) is 36.4 Å². The van der Waals surface area contributed by atoms with E-state index in [4.69, 9.17) is 33.3 Å². The number of amides is 1. The Kier molecular flexibility index (Phi) is 7.54. The smallest absolute Gasteiger partial charge is 0.279 e. The van der Waals surface area contributed by atoms with Crippen molar-refractivity contribution in [3.8, 4) is 5.75 Å². The fraction of sp³-hybridized carbons (Fsp3) is 0.467. The van der Waals surface area contributed by atoms with Gasteiger partial charge in [-0.1, -0.05) is 27.5 Å². The number of hydrogen-bond acceptors (Lipinski definition) is 4. The largest absolute Gasteiger partial charge is 0.479 e. The molecule has 24 heavy (non-hydrogen) atoms. The molecule has 3 N–H and O–H groups in total. The third-order valence-electron chi connectivity index (χ3n) is 3.38. The number of benzene rings is 1. The van der Waals surface area contributed by atoms with Crippen LogP contribution in [0.25, 0.3) is 0 Å². The van der Waals surface area contributed by atoms with Crippen molar-refractivity contribution in [2.45, 2.75) is 32.0 Å². The lowest BCUT2D eigenvalue weighted by molar-refractivity contribution is -0.127. The molecule has 0 radical (unpaired) electrons. The lowest BCUT2D eigenvalue weighted by Gasteiger charge is -2.18. The van der Waals surface area contributed by atoms with E-state index in [9.17, 15) is 4.79 Å². The average Bonchev–Trinajstić information content (AvgIpc) is 3.06. The summed E-state index contributed by atoms with van der Waals surface area (Å²) >= 11 is 14.5. The molecule has 0 saturated carbocycles. The zero-order valence-corrected chi connectivity index (χ0v) is 16.3. The summed E-state index contributed by atoms with van der Waals surface area (Å²) in [6.45, 7) is 3.03. The number of hydrazine groups is 1. The van der Waals surface area contributed by atoms with Gasteiger partial charge in [0.1, 0.15) is 5.75 Å². The SMILES string of the molecule is C[C@@H](Oc1ccc(Br)cc1Cl)C(=O)NNC(=S)NC[C@H]1CCCO1. The van der Waals surface area contributed by atoms with Gasteiger partial charge in [-0.25, -0.2) is 0 Å². The molecule has 1 aromatic carbocycles. The predicted octanol–water partition coefficient (Wildman–Crippen LogP) is 2.54. The van der Waals surface area contributed by atoms with E-state index in [1.54, 1.807) is 25.1 Å². The first-order valence-corrected chi connectivity index (χ1v) is 9.10. The molecule has 1 aliphatic heterocycles. The van der Waals surface area contributed by atoms with Crippen LogP contribution in [0.2, 0.25) is 5.02 Å². The summed E-state index contributed by atoms with van der Waals surface area (Å²) in [5.41, 5.74) is 5.14. The van der Waals surface area contributed by atoms with Crippen LogP contribution in [0.5, 0.6) is 5.75 Å². The van der Waals surface area contributed by atoms with Gasteiger partial charge in [0.05, 0.1) is 11.1 Å². The number of carbonyl (C=O) groups is 1. The molecular formula is C15H19BrClN3O3S. The van der Waals surface area contributed by atoms with Gasteiger partial charge in [-0.2, -0.15) is 0 Å². The number of hydrogen-bond donors (Lipinski definition) is 3. The minimum Gasteiger partial charge on any atom is -0.479 e. The molecule has 9 heteroatoms. The van der Waals surface area contributed by atoms with Gasteiger partial charge in [-0.15, -0.1) is 0 Å². The molecule has 6 nitrogen and oxygen atoms in total. The van der Waals surface area contributed by atoms with Crippen molar-refractivity contribution >= 4 is 50.8 Å². The van der Waals surface area contributed by atoms with E-state index in [0.29, 0.717) is 22.4 Å². The van der Waals surface area contributed by atoms with Crippen molar-refractivity contribution in [1.29, 1.82) is 0 Å². The molecule has 1 aliphatic rings. The Morgan fingerprint density at radius 2 is 2.33 bits per heavy atom. The molecule has 0 bridgehead atoms. The Morgan fingerprint density at radius 1 is 1.54 bits per heavy atom. The van der Waals surface area contributed by atoms with Gasteiger partial charge in [0.25, 0.3) is 5.91 Å². The molecule has 1 fully saturated rings. The summed E-state index contributed by atoms with van der Waals surface area (Å²) < 4.78 is 11.9. The second-order valence-electron chi connectivity index (χ2n) is 5.29. The summed E-state index contributed by atoms with van der Waals surface area (Å²) in [7, 11) is 0. The van der Waals surface area contributed by atoms with E-state index in [1.165, 1.54) is 0 Å². The number of nitrogens with one attached hydrogen (secondary N) is 3. The van der Waals surface area contributed by atoms with E-state index >= 15 is 0 Å². The van der Waals surface area contributed by atoms with Gasteiger partial charge < -0.3 is 14.8 Å². The Balaban J connectivity index is 1.71. The van der Waals surface area contributed by atoms with Crippen molar-refractivity contribution in [1.82, 2.24) is 16.2 Å². The highest BCUT2D eigenvalue weighted by molar-refractivity contribution is 9.10. The van der Waals surface area contributed by atoms with E-state index in [-0.39, 0.29) is 12.0 Å². The van der Waals surface area contributed by atoms with Crippen LogP contribution in [0.1, 0.15) is 19.8 Å². The molecule has 1 saturated heterocycles. The normalized spacial score (nSPS) is 17.9. The summed E-state index contributed by atoms with van der Waals surface area (Å²) in [5.74, 6) is 0.0665. The molecule has 1 amide bonds. The number of ether oxygens (including phenoxy) is 2. The fourth-order valence-electron chi connectivity index (χ4n) is 2.09. The van der Waals surface area contributed by atoms with Crippen molar-refractivity contribution in [2.24, 2.45) is 0 Å². The molecule has 2 rings (SSSR count). The van der Waals surface area contributed by atoms with Gasteiger partial charge in [0.15, 0.2) is 11.2 Å². The van der Waals surface area contributed by atoms with Gasteiger partial charge >= 0.3 is 0 Å². The summed E-state index contributed by atoms with van der Waals surface area (Å²) in [6, 6.07) is 5.18. The van der Waals surface area contributed by atoms with Gasteiger partial charge in [0, 0.05) is 17.6 Å². The predicted molar refractivity (Wildman–Crippen MR) is 100 cm³/mol. The molecule has 0 unspecified atom stereocenters. The number of rotatable bonds is 5. The van der Waals surface area contributed by atoms with Crippen LogP contribution in [0, 0.1) is 0 Å². The first kappa shape index (κ1) is 19.2.